The third kappa shape index (κ3) is 8.19. The number of hydrogen-bond donors (Lipinski definition) is 0. The fraction of sp³-hybridized carbons (Fsp3) is 0.321. The Labute approximate surface area is 196 Å². The van der Waals surface area contributed by atoms with Gasteiger partial charge in [0.05, 0.1) is 23.5 Å². The molecule has 5 heteroatoms. The number of carbonyl (C=O) groups is 1. The van der Waals surface area contributed by atoms with E-state index < -0.39 is 0 Å². The fourth-order valence-corrected chi connectivity index (χ4v) is 3.34. The lowest BCUT2D eigenvalue weighted by Crippen LogP contribution is -2.08. The van der Waals surface area contributed by atoms with Crippen molar-refractivity contribution in [2.75, 3.05) is 6.61 Å². The van der Waals surface area contributed by atoms with Crippen molar-refractivity contribution in [3.8, 4) is 11.5 Å². The van der Waals surface area contributed by atoms with Crippen LogP contribution in [0.4, 0.5) is 11.4 Å². The van der Waals surface area contributed by atoms with Crippen LogP contribution < -0.4 is 9.47 Å². The van der Waals surface area contributed by atoms with E-state index in [4.69, 9.17) is 9.47 Å². The van der Waals surface area contributed by atoms with Gasteiger partial charge in [-0.15, -0.1) is 0 Å². The summed E-state index contributed by atoms with van der Waals surface area (Å²) in [7, 11) is 0. The number of hydrogen-bond acceptors (Lipinski definition) is 5. The molecular formula is C28H32N2O3. The SMILES string of the molecule is CCCCCCCCOc1ccc(N=Nc2ccc(OC(=O)c3ccccc3)c(C)c2)cc1. The largest absolute Gasteiger partial charge is 0.494 e. The van der Waals surface area contributed by atoms with E-state index in [-0.39, 0.29) is 5.97 Å². The Morgan fingerprint density at radius 1 is 0.788 bits per heavy atom. The lowest BCUT2D eigenvalue weighted by molar-refractivity contribution is 0.0733. The zero-order chi connectivity index (χ0) is 23.3. The summed E-state index contributed by atoms with van der Waals surface area (Å²) in [6.45, 7) is 4.85. The van der Waals surface area contributed by atoms with Gasteiger partial charge in [0.25, 0.3) is 0 Å². The van der Waals surface area contributed by atoms with Crippen molar-refractivity contribution in [1.29, 1.82) is 0 Å². The highest BCUT2D eigenvalue weighted by Crippen LogP contribution is 2.27. The normalized spacial score (nSPS) is 11.0. The zero-order valence-electron chi connectivity index (χ0n) is 19.5. The van der Waals surface area contributed by atoms with Gasteiger partial charge in [-0.05, 0) is 73.5 Å². The summed E-state index contributed by atoms with van der Waals surface area (Å²) in [5.74, 6) is 0.976. The number of benzene rings is 3. The predicted octanol–water partition coefficient (Wildman–Crippen LogP) is 8.37. The molecule has 0 bridgehead atoms. The number of ether oxygens (including phenoxy) is 2. The first-order valence-electron chi connectivity index (χ1n) is 11.7. The number of esters is 1. The molecule has 0 amide bonds. The van der Waals surface area contributed by atoms with Gasteiger partial charge >= 0.3 is 5.97 Å². The van der Waals surface area contributed by atoms with E-state index in [1.807, 2.05) is 43.3 Å². The van der Waals surface area contributed by atoms with E-state index in [0.29, 0.717) is 17.0 Å². The molecule has 0 unspecified atom stereocenters. The van der Waals surface area contributed by atoms with Crippen LogP contribution in [0.1, 0.15) is 61.4 Å². The maximum absolute atomic E-state index is 12.3. The van der Waals surface area contributed by atoms with Crippen LogP contribution in [0, 0.1) is 6.92 Å². The van der Waals surface area contributed by atoms with Gasteiger partial charge < -0.3 is 9.47 Å². The van der Waals surface area contributed by atoms with Crippen molar-refractivity contribution in [3.63, 3.8) is 0 Å². The van der Waals surface area contributed by atoms with Crippen molar-refractivity contribution < 1.29 is 14.3 Å². The van der Waals surface area contributed by atoms with Crippen LogP contribution >= 0.6 is 0 Å². The van der Waals surface area contributed by atoms with E-state index in [9.17, 15) is 4.79 Å². The van der Waals surface area contributed by atoms with Gasteiger partial charge in [0.1, 0.15) is 11.5 Å². The average molecular weight is 445 g/mol. The van der Waals surface area contributed by atoms with E-state index in [0.717, 1.165) is 30.0 Å². The molecule has 0 radical (unpaired) electrons. The highest BCUT2D eigenvalue weighted by atomic mass is 16.5. The van der Waals surface area contributed by atoms with Gasteiger partial charge in [-0.1, -0.05) is 57.2 Å². The van der Waals surface area contributed by atoms with Crippen LogP contribution in [-0.4, -0.2) is 12.6 Å². The van der Waals surface area contributed by atoms with Crippen molar-refractivity contribution in [1.82, 2.24) is 0 Å². The number of unbranched alkanes of at least 4 members (excludes halogenated alkanes) is 5. The first-order chi connectivity index (χ1) is 16.2. The Bertz CT molecular complexity index is 1030. The Kier molecular flexibility index (Phi) is 9.64. The second-order valence-electron chi connectivity index (χ2n) is 8.02. The quantitative estimate of drug-likeness (QED) is 0.122. The lowest BCUT2D eigenvalue weighted by Gasteiger charge is -2.08. The van der Waals surface area contributed by atoms with Crippen LogP contribution in [-0.2, 0) is 0 Å². The minimum Gasteiger partial charge on any atom is -0.494 e. The molecule has 3 rings (SSSR count). The number of rotatable bonds is 12. The topological polar surface area (TPSA) is 60.3 Å². The number of nitrogens with zero attached hydrogens (tertiary/aromatic N) is 2. The van der Waals surface area contributed by atoms with Crippen LogP contribution in [0.3, 0.4) is 0 Å². The summed E-state index contributed by atoms with van der Waals surface area (Å²) in [5, 5.41) is 8.60. The summed E-state index contributed by atoms with van der Waals surface area (Å²) >= 11 is 0. The Hall–Kier alpha value is -3.47. The number of carbonyl (C=O) groups excluding carboxylic acids is 1. The molecule has 0 N–H and O–H groups in total. The van der Waals surface area contributed by atoms with Crippen LogP contribution in [0.2, 0.25) is 0 Å². The van der Waals surface area contributed by atoms with Gasteiger partial charge in [0, 0.05) is 0 Å². The molecule has 3 aromatic carbocycles. The molecule has 172 valence electrons. The minimum absolute atomic E-state index is 0.383. The molecule has 0 aromatic heterocycles. The summed E-state index contributed by atoms with van der Waals surface area (Å²) in [5.41, 5.74) is 2.77. The van der Waals surface area contributed by atoms with Gasteiger partial charge in [-0.3, -0.25) is 0 Å². The Balaban J connectivity index is 1.48. The molecule has 5 nitrogen and oxygen atoms in total. The Morgan fingerprint density at radius 3 is 2.18 bits per heavy atom. The fourth-order valence-electron chi connectivity index (χ4n) is 3.34. The second-order valence-corrected chi connectivity index (χ2v) is 8.02. The average Bonchev–Trinajstić information content (AvgIpc) is 2.85. The molecular weight excluding hydrogens is 412 g/mol. The summed E-state index contributed by atoms with van der Waals surface area (Å²) in [6, 6.07) is 21.9. The molecule has 0 aliphatic rings. The first-order valence-corrected chi connectivity index (χ1v) is 11.7. The minimum atomic E-state index is -0.383. The Morgan fingerprint density at radius 2 is 1.45 bits per heavy atom. The molecule has 0 aliphatic heterocycles. The molecule has 0 saturated carbocycles. The van der Waals surface area contributed by atoms with Crippen molar-refractivity contribution in [2.45, 2.75) is 52.4 Å². The highest BCUT2D eigenvalue weighted by molar-refractivity contribution is 5.91. The standard InChI is InChI=1S/C28H32N2O3/c1-3-4-5-6-7-11-20-32-26-17-14-24(15-18-26)29-30-25-16-19-27(22(2)21-25)33-28(31)23-12-9-8-10-13-23/h8-10,12-19,21H,3-7,11,20H2,1-2H3. The second kappa shape index (κ2) is 13.2. The van der Waals surface area contributed by atoms with Gasteiger partial charge in [-0.25, -0.2) is 4.79 Å². The molecule has 0 fully saturated rings. The van der Waals surface area contributed by atoms with Gasteiger partial charge in [-0.2, -0.15) is 10.2 Å². The van der Waals surface area contributed by atoms with Crippen molar-refractivity contribution in [3.05, 3.63) is 83.9 Å². The number of azo groups is 1. The molecule has 3 aromatic rings. The molecule has 0 aliphatic carbocycles. The van der Waals surface area contributed by atoms with Gasteiger partial charge in [0.15, 0.2) is 0 Å². The zero-order valence-corrected chi connectivity index (χ0v) is 19.5. The van der Waals surface area contributed by atoms with Crippen molar-refractivity contribution >= 4 is 17.3 Å². The third-order valence-electron chi connectivity index (χ3n) is 5.25. The molecule has 0 spiro atoms. The van der Waals surface area contributed by atoms with E-state index >= 15 is 0 Å². The maximum Gasteiger partial charge on any atom is 0.343 e. The summed E-state index contributed by atoms with van der Waals surface area (Å²) in [4.78, 5) is 12.3. The maximum atomic E-state index is 12.3. The smallest absolute Gasteiger partial charge is 0.343 e. The van der Waals surface area contributed by atoms with Crippen LogP contribution in [0.15, 0.2) is 83.0 Å². The van der Waals surface area contributed by atoms with Crippen LogP contribution in [0.5, 0.6) is 11.5 Å². The van der Waals surface area contributed by atoms with Crippen molar-refractivity contribution in [2.24, 2.45) is 10.2 Å². The monoisotopic (exact) mass is 444 g/mol. The lowest BCUT2D eigenvalue weighted by atomic mass is 10.1. The van der Waals surface area contributed by atoms with E-state index in [1.54, 1.807) is 36.4 Å². The molecule has 0 atom stereocenters. The summed E-state index contributed by atoms with van der Waals surface area (Å²) in [6.07, 6.45) is 7.50. The first kappa shape index (κ1) is 24.2. The van der Waals surface area contributed by atoms with E-state index in [2.05, 4.69) is 17.2 Å². The predicted molar refractivity (Wildman–Crippen MR) is 132 cm³/mol. The summed E-state index contributed by atoms with van der Waals surface area (Å²) < 4.78 is 11.3. The molecule has 0 saturated heterocycles. The third-order valence-corrected chi connectivity index (χ3v) is 5.25. The molecule has 0 heterocycles. The van der Waals surface area contributed by atoms with Crippen LogP contribution in [0.25, 0.3) is 0 Å². The van der Waals surface area contributed by atoms with E-state index in [1.165, 1.54) is 32.1 Å². The molecule has 33 heavy (non-hydrogen) atoms. The van der Waals surface area contributed by atoms with Gasteiger partial charge in [0.2, 0.25) is 0 Å². The highest BCUT2D eigenvalue weighted by Gasteiger charge is 2.10. The number of aryl methyl sites for hydroxylation is 1.